The van der Waals surface area contributed by atoms with Crippen LogP contribution in [0.1, 0.15) is 53.0 Å². The number of para-hydroxylation sites is 1. The summed E-state index contributed by atoms with van der Waals surface area (Å²) in [6, 6.07) is 5.76. The summed E-state index contributed by atoms with van der Waals surface area (Å²) in [7, 11) is 0. The molecule has 9 nitrogen and oxygen atoms in total. The number of oxime groups is 1. The van der Waals surface area contributed by atoms with E-state index in [1.54, 1.807) is 26.0 Å². The van der Waals surface area contributed by atoms with Crippen molar-refractivity contribution in [2.45, 2.75) is 64.5 Å². The third kappa shape index (κ3) is 5.94. The number of carbonyl (C=O) groups excluding carboxylic acids is 3. The molecule has 180 valence electrons. The molecule has 1 aliphatic rings. The van der Waals surface area contributed by atoms with Crippen LogP contribution in [0.25, 0.3) is 0 Å². The molecular weight excluding hydrogens is 433 g/mol. The highest BCUT2D eigenvalue weighted by molar-refractivity contribution is 6.44. The number of ketones is 1. The van der Waals surface area contributed by atoms with Gasteiger partial charge in [0.2, 0.25) is 5.60 Å². The van der Waals surface area contributed by atoms with Gasteiger partial charge in [0, 0.05) is 11.6 Å². The Kier molecular flexibility index (Phi) is 7.94. The van der Waals surface area contributed by atoms with Crippen LogP contribution in [-0.4, -0.2) is 52.7 Å². The molecule has 2 unspecified atom stereocenters. The summed E-state index contributed by atoms with van der Waals surface area (Å²) in [6.45, 7) is 7.92. The van der Waals surface area contributed by atoms with E-state index in [-0.39, 0.29) is 17.5 Å². The molecule has 10 heteroatoms. The van der Waals surface area contributed by atoms with Gasteiger partial charge in [-0.2, -0.15) is 0 Å². The van der Waals surface area contributed by atoms with Gasteiger partial charge in [-0.25, -0.2) is 4.39 Å². The van der Waals surface area contributed by atoms with Gasteiger partial charge in [-0.1, -0.05) is 58.0 Å². The van der Waals surface area contributed by atoms with E-state index in [0.717, 1.165) is 5.56 Å². The van der Waals surface area contributed by atoms with Crippen molar-refractivity contribution in [2.24, 2.45) is 11.1 Å². The predicted molar refractivity (Wildman–Crippen MR) is 120 cm³/mol. The van der Waals surface area contributed by atoms with Crippen LogP contribution in [-0.2, 0) is 29.4 Å². The minimum absolute atomic E-state index is 0.0332. The van der Waals surface area contributed by atoms with Gasteiger partial charge in [0.05, 0.1) is 12.8 Å². The topological polar surface area (TPSA) is 134 Å². The average molecular weight is 464 g/mol. The van der Waals surface area contributed by atoms with E-state index in [2.05, 4.69) is 15.8 Å². The standard InChI is InChI=1S/C23H30FN3O6/c1-13(2)23(21(32)26-16(10-19(29)30)18(28)12-24)11-17(27-33-23)20(31)25-15-9-7-6-8-14(15)22(3,4)5/h6-9,13,16H,10-12H2,1-5H3,(H,25,31)(H,26,32)(H,29,30). The van der Waals surface area contributed by atoms with Crippen LogP contribution in [0.3, 0.4) is 0 Å². The zero-order chi connectivity index (χ0) is 25.0. The number of carbonyl (C=O) groups is 4. The van der Waals surface area contributed by atoms with Gasteiger partial charge in [-0.15, -0.1) is 0 Å². The zero-order valence-corrected chi connectivity index (χ0v) is 19.4. The van der Waals surface area contributed by atoms with E-state index in [4.69, 9.17) is 9.94 Å². The number of amides is 2. The number of nitrogens with zero attached hydrogens (tertiary/aromatic N) is 1. The number of carboxylic acid groups (broad SMARTS) is 1. The van der Waals surface area contributed by atoms with Crippen LogP contribution in [0, 0.1) is 5.92 Å². The molecule has 0 fully saturated rings. The Hall–Kier alpha value is -3.30. The Bertz CT molecular complexity index is 969. The van der Waals surface area contributed by atoms with E-state index in [9.17, 15) is 23.6 Å². The summed E-state index contributed by atoms with van der Waals surface area (Å²) < 4.78 is 12.9. The molecule has 0 aromatic heterocycles. The Morgan fingerprint density at radius 3 is 2.39 bits per heavy atom. The lowest BCUT2D eigenvalue weighted by atomic mass is 9.84. The van der Waals surface area contributed by atoms with Crippen molar-refractivity contribution in [3.05, 3.63) is 29.8 Å². The SMILES string of the molecule is CC(C)C1(C(=O)NC(CC(=O)O)C(=O)CF)CC(C(=O)Nc2ccccc2C(C)(C)C)=NO1. The van der Waals surface area contributed by atoms with Crippen LogP contribution in [0.2, 0.25) is 0 Å². The average Bonchev–Trinajstić information content (AvgIpc) is 3.19. The maximum Gasteiger partial charge on any atom is 0.305 e. The number of anilines is 1. The monoisotopic (exact) mass is 463 g/mol. The lowest BCUT2D eigenvalue weighted by Crippen LogP contribution is -2.56. The minimum Gasteiger partial charge on any atom is -0.481 e. The molecule has 0 bridgehead atoms. The first-order valence-corrected chi connectivity index (χ1v) is 10.6. The minimum atomic E-state index is -1.65. The summed E-state index contributed by atoms with van der Waals surface area (Å²) >= 11 is 0. The van der Waals surface area contributed by atoms with E-state index >= 15 is 0 Å². The lowest BCUT2D eigenvalue weighted by Gasteiger charge is -2.30. The normalized spacial score (nSPS) is 18.8. The summed E-state index contributed by atoms with van der Waals surface area (Å²) in [5.41, 5.74) is -0.411. The Morgan fingerprint density at radius 1 is 1.21 bits per heavy atom. The molecule has 0 spiro atoms. The molecule has 1 aliphatic heterocycles. The van der Waals surface area contributed by atoms with Crippen molar-refractivity contribution < 1.29 is 33.5 Å². The highest BCUT2D eigenvalue weighted by Crippen LogP contribution is 2.34. The first-order chi connectivity index (χ1) is 15.3. The van der Waals surface area contributed by atoms with Crippen molar-refractivity contribution in [1.82, 2.24) is 5.32 Å². The quantitative estimate of drug-likeness (QED) is 0.515. The second kappa shape index (κ2) is 10.1. The number of hydrogen-bond donors (Lipinski definition) is 3. The van der Waals surface area contributed by atoms with Crippen LogP contribution in [0.5, 0.6) is 0 Å². The molecule has 0 aliphatic carbocycles. The third-order valence-corrected chi connectivity index (χ3v) is 5.52. The zero-order valence-electron chi connectivity index (χ0n) is 19.4. The van der Waals surface area contributed by atoms with Gasteiger partial charge in [0.25, 0.3) is 11.8 Å². The largest absolute Gasteiger partial charge is 0.481 e. The van der Waals surface area contributed by atoms with Crippen LogP contribution < -0.4 is 10.6 Å². The number of hydrogen-bond acceptors (Lipinski definition) is 6. The molecule has 3 N–H and O–H groups in total. The first kappa shape index (κ1) is 26.0. The summed E-state index contributed by atoms with van der Waals surface area (Å²) in [5.74, 6) is -4.34. The fourth-order valence-corrected chi connectivity index (χ4v) is 3.50. The van der Waals surface area contributed by atoms with Crippen molar-refractivity contribution >= 4 is 35.0 Å². The van der Waals surface area contributed by atoms with Crippen LogP contribution in [0.15, 0.2) is 29.4 Å². The number of carboxylic acids is 1. The highest BCUT2D eigenvalue weighted by atomic mass is 19.1. The molecule has 2 amide bonds. The molecule has 0 saturated carbocycles. The van der Waals surface area contributed by atoms with E-state index in [1.165, 1.54) is 0 Å². The lowest BCUT2D eigenvalue weighted by molar-refractivity contribution is -0.152. The molecular formula is C23H30FN3O6. The van der Waals surface area contributed by atoms with Gasteiger partial charge in [0.15, 0.2) is 5.78 Å². The number of aliphatic carboxylic acids is 1. The number of alkyl halides is 1. The number of halogens is 1. The van der Waals surface area contributed by atoms with Crippen LogP contribution in [0.4, 0.5) is 10.1 Å². The first-order valence-electron chi connectivity index (χ1n) is 10.6. The molecule has 0 saturated heterocycles. The van der Waals surface area contributed by atoms with Gasteiger partial charge in [-0.05, 0) is 17.0 Å². The molecule has 1 heterocycles. The van der Waals surface area contributed by atoms with Gasteiger partial charge >= 0.3 is 5.97 Å². The number of benzene rings is 1. The summed E-state index contributed by atoms with van der Waals surface area (Å²) in [4.78, 5) is 54.2. The molecule has 33 heavy (non-hydrogen) atoms. The smallest absolute Gasteiger partial charge is 0.305 e. The third-order valence-electron chi connectivity index (χ3n) is 5.52. The van der Waals surface area contributed by atoms with Crippen molar-refractivity contribution in [2.75, 3.05) is 12.0 Å². The second-order valence-electron chi connectivity index (χ2n) is 9.32. The maximum absolute atomic E-state index is 13.0. The fraction of sp³-hybridized carbons (Fsp3) is 0.522. The van der Waals surface area contributed by atoms with Crippen molar-refractivity contribution in [1.29, 1.82) is 0 Å². The Morgan fingerprint density at radius 2 is 1.85 bits per heavy atom. The van der Waals surface area contributed by atoms with Gasteiger partial charge < -0.3 is 20.6 Å². The highest BCUT2D eigenvalue weighted by Gasteiger charge is 2.51. The molecule has 0 radical (unpaired) electrons. The van der Waals surface area contributed by atoms with Gasteiger partial charge in [-0.3, -0.25) is 19.2 Å². The van der Waals surface area contributed by atoms with Crippen molar-refractivity contribution in [3.63, 3.8) is 0 Å². The maximum atomic E-state index is 13.0. The van der Waals surface area contributed by atoms with Crippen molar-refractivity contribution in [3.8, 4) is 0 Å². The number of Topliss-reactive ketones (excluding diaryl/α,β-unsaturated/α-hetero) is 1. The van der Waals surface area contributed by atoms with Crippen LogP contribution >= 0.6 is 0 Å². The van der Waals surface area contributed by atoms with E-state index in [1.807, 2.05) is 32.9 Å². The Labute approximate surface area is 191 Å². The number of rotatable bonds is 9. The predicted octanol–water partition coefficient (Wildman–Crippen LogP) is 2.59. The number of nitrogens with one attached hydrogen (secondary N) is 2. The molecule has 1 aromatic carbocycles. The fourth-order valence-electron chi connectivity index (χ4n) is 3.50. The summed E-state index contributed by atoms with van der Waals surface area (Å²) in [6.07, 6.45) is -0.982. The van der Waals surface area contributed by atoms with Gasteiger partial charge in [0.1, 0.15) is 18.4 Å². The van der Waals surface area contributed by atoms with E-state index < -0.39 is 54.2 Å². The molecule has 1 aromatic rings. The summed E-state index contributed by atoms with van der Waals surface area (Å²) in [5, 5.41) is 17.9. The second-order valence-corrected chi connectivity index (χ2v) is 9.32. The molecule has 2 rings (SSSR count). The van der Waals surface area contributed by atoms with E-state index in [0.29, 0.717) is 5.69 Å². The molecule has 2 atom stereocenters. The Balaban J connectivity index is 2.21.